The molecule has 24 heavy (non-hydrogen) atoms. The van der Waals surface area contributed by atoms with Crippen molar-refractivity contribution in [3.8, 4) is 5.75 Å². The average Bonchev–Trinajstić information content (AvgIpc) is 3.09. The molecule has 0 spiro atoms. The number of hydrogen-bond donors (Lipinski definition) is 1. The smallest absolute Gasteiger partial charge is 0.252 e. The first-order valence-electron chi connectivity index (χ1n) is 8.25. The van der Waals surface area contributed by atoms with Gasteiger partial charge in [-0.3, -0.25) is 9.78 Å². The second-order valence-corrected chi connectivity index (χ2v) is 6.20. The number of aromatic nitrogens is 1. The van der Waals surface area contributed by atoms with Crippen molar-refractivity contribution in [3.05, 3.63) is 53.9 Å². The first-order chi connectivity index (χ1) is 11.7. The van der Waals surface area contributed by atoms with Crippen molar-refractivity contribution in [2.45, 2.75) is 13.3 Å². The van der Waals surface area contributed by atoms with E-state index in [1.54, 1.807) is 13.3 Å². The number of ether oxygens (including phenoxy) is 1. The highest BCUT2D eigenvalue weighted by atomic mass is 16.5. The van der Waals surface area contributed by atoms with Gasteiger partial charge in [-0.1, -0.05) is 6.07 Å². The highest BCUT2D eigenvalue weighted by molar-refractivity contribution is 5.93. The number of carbonyl (C=O) groups excluding carboxylic acids is 1. The number of amides is 1. The van der Waals surface area contributed by atoms with Crippen LogP contribution in [0.1, 0.15) is 22.5 Å². The maximum atomic E-state index is 12.2. The monoisotopic (exact) mass is 325 g/mol. The summed E-state index contributed by atoms with van der Waals surface area (Å²) < 4.78 is 5.29. The highest BCUT2D eigenvalue weighted by Gasteiger charge is 2.23. The van der Waals surface area contributed by atoms with Crippen LogP contribution in [0.4, 0.5) is 5.69 Å². The summed E-state index contributed by atoms with van der Waals surface area (Å²) in [5.41, 5.74) is 2.70. The first kappa shape index (κ1) is 16.3. The van der Waals surface area contributed by atoms with Gasteiger partial charge < -0.3 is 15.0 Å². The van der Waals surface area contributed by atoms with Gasteiger partial charge in [-0.05, 0) is 43.5 Å². The largest absolute Gasteiger partial charge is 0.497 e. The molecule has 1 aliphatic heterocycles. The number of nitrogens with one attached hydrogen (secondary N) is 1. The molecule has 1 atom stereocenters. The van der Waals surface area contributed by atoms with Crippen molar-refractivity contribution in [2.24, 2.45) is 5.92 Å². The van der Waals surface area contributed by atoms with E-state index in [1.165, 1.54) is 5.69 Å². The van der Waals surface area contributed by atoms with E-state index in [2.05, 4.69) is 27.3 Å². The van der Waals surface area contributed by atoms with Crippen molar-refractivity contribution < 1.29 is 9.53 Å². The zero-order valence-electron chi connectivity index (χ0n) is 14.2. The van der Waals surface area contributed by atoms with Crippen molar-refractivity contribution in [1.29, 1.82) is 0 Å². The molecule has 2 aromatic rings. The minimum atomic E-state index is -0.0534. The molecule has 1 N–H and O–H groups in total. The van der Waals surface area contributed by atoms with Crippen LogP contribution in [0.5, 0.6) is 5.75 Å². The van der Waals surface area contributed by atoms with Crippen LogP contribution in [0.3, 0.4) is 0 Å². The van der Waals surface area contributed by atoms with Crippen molar-refractivity contribution >= 4 is 11.6 Å². The Kier molecular flexibility index (Phi) is 4.99. The predicted molar refractivity (Wildman–Crippen MR) is 94.6 cm³/mol. The Balaban J connectivity index is 1.52. The molecule has 1 aliphatic rings. The molecular weight excluding hydrogens is 302 g/mol. The fourth-order valence-electron chi connectivity index (χ4n) is 2.98. The molecule has 1 aromatic heterocycles. The molecular formula is C19H23N3O2. The SMILES string of the molecule is COc1cccc(N2CC[C@@H](CNC(=O)c3ccc(C)nc3)C2)c1. The predicted octanol–water partition coefficient (Wildman–Crippen LogP) is 2.65. The molecule has 0 saturated carbocycles. The van der Waals surface area contributed by atoms with Crippen molar-refractivity contribution in [1.82, 2.24) is 10.3 Å². The van der Waals surface area contributed by atoms with Crippen LogP contribution in [0.2, 0.25) is 0 Å². The average molecular weight is 325 g/mol. The third kappa shape index (κ3) is 3.85. The fraction of sp³-hybridized carbons (Fsp3) is 0.368. The Morgan fingerprint density at radius 2 is 2.25 bits per heavy atom. The molecule has 5 nitrogen and oxygen atoms in total. The molecule has 1 amide bonds. The van der Waals surface area contributed by atoms with E-state index in [9.17, 15) is 4.79 Å². The van der Waals surface area contributed by atoms with Crippen LogP contribution in [0, 0.1) is 12.8 Å². The fourth-order valence-corrected chi connectivity index (χ4v) is 2.98. The Labute approximate surface area is 142 Å². The van der Waals surface area contributed by atoms with Crippen LogP contribution in [0.25, 0.3) is 0 Å². The summed E-state index contributed by atoms with van der Waals surface area (Å²) >= 11 is 0. The number of pyridine rings is 1. The van der Waals surface area contributed by atoms with Gasteiger partial charge in [0, 0.05) is 43.3 Å². The summed E-state index contributed by atoms with van der Waals surface area (Å²) in [6.45, 7) is 4.54. The van der Waals surface area contributed by atoms with Gasteiger partial charge in [0.2, 0.25) is 0 Å². The van der Waals surface area contributed by atoms with Gasteiger partial charge in [-0.2, -0.15) is 0 Å². The summed E-state index contributed by atoms with van der Waals surface area (Å²) in [4.78, 5) is 18.7. The Hall–Kier alpha value is -2.56. The van der Waals surface area contributed by atoms with Crippen LogP contribution >= 0.6 is 0 Å². The van der Waals surface area contributed by atoms with Crippen molar-refractivity contribution in [3.63, 3.8) is 0 Å². The summed E-state index contributed by atoms with van der Waals surface area (Å²) in [7, 11) is 1.68. The third-order valence-electron chi connectivity index (χ3n) is 4.43. The van der Waals surface area contributed by atoms with Gasteiger partial charge in [0.1, 0.15) is 5.75 Å². The standard InChI is InChI=1S/C19H23N3O2/c1-14-6-7-16(12-20-14)19(23)21-11-15-8-9-22(13-15)17-4-3-5-18(10-17)24-2/h3-7,10,12,15H,8-9,11,13H2,1-2H3,(H,21,23)/t15-/m0/s1. The Bertz CT molecular complexity index is 700. The topological polar surface area (TPSA) is 54.5 Å². The lowest BCUT2D eigenvalue weighted by Crippen LogP contribution is -2.31. The normalized spacial score (nSPS) is 16.9. The number of rotatable bonds is 5. The highest BCUT2D eigenvalue weighted by Crippen LogP contribution is 2.26. The number of nitrogens with zero attached hydrogens (tertiary/aromatic N) is 2. The molecule has 0 unspecified atom stereocenters. The number of carbonyl (C=O) groups is 1. The van der Waals surface area contributed by atoms with Crippen LogP contribution in [-0.4, -0.2) is 37.6 Å². The van der Waals surface area contributed by atoms with Crippen molar-refractivity contribution in [2.75, 3.05) is 31.6 Å². The summed E-state index contributed by atoms with van der Waals surface area (Å²) in [5, 5.41) is 3.02. The molecule has 1 saturated heterocycles. The number of benzene rings is 1. The van der Waals surface area contributed by atoms with E-state index in [-0.39, 0.29) is 5.91 Å². The lowest BCUT2D eigenvalue weighted by molar-refractivity contribution is 0.0948. The quantitative estimate of drug-likeness (QED) is 0.918. The molecule has 5 heteroatoms. The second kappa shape index (κ2) is 7.34. The molecule has 0 bridgehead atoms. The van der Waals surface area contributed by atoms with E-state index in [0.29, 0.717) is 18.0 Å². The van der Waals surface area contributed by atoms with Gasteiger partial charge in [0.25, 0.3) is 5.91 Å². The maximum Gasteiger partial charge on any atom is 0.252 e. The lowest BCUT2D eigenvalue weighted by Gasteiger charge is -2.19. The first-order valence-corrected chi connectivity index (χ1v) is 8.25. The zero-order chi connectivity index (χ0) is 16.9. The van der Waals surface area contributed by atoms with E-state index >= 15 is 0 Å². The molecule has 1 aromatic carbocycles. The van der Waals surface area contributed by atoms with Crippen LogP contribution < -0.4 is 15.0 Å². The molecule has 0 aliphatic carbocycles. The van der Waals surface area contributed by atoms with Crippen LogP contribution in [-0.2, 0) is 0 Å². The maximum absolute atomic E-state index is 12.2. The van der Waals surface area contributed by atoms with Gasteiger partial charge in [0.05, 0.1) is 12.7 Å². The van der Waals surface area contributed by atoms with Gasteiger partial charge in [-0.15, -0.1) is 0 Å². The number of hydrogen-bond acceptors (Lipinski definition) is 4. The minimum Gasteiger partial charge on any atom is -0.497 e. The summed E-state index contributed by atoms with van der Waals surface area (Å²) in [5.74, 6) is 1.28. The van der Waals surface area contributed by atoms with E-state index in [1.807, 2.05) is 31.2 Å². The number of aryl methyl sites for hydroxylation is 1. The van der Waals surface area contributed by atoms with E-state index in [0.717, 1.165) is 31.0 Å². The third-order valence-corrected chi connectivity index (χ3v) is 4.43. The second-order valence-electron chi connectivity index (χ2n) is 6.20. The van der Waals surface area contributed by atoms with Gasteiger partial charge >= 0.3 is 0 Å². The van der Waals surface area contributed by atoms with E-state index < -0.39 is 0 Å². The summed E-state index contributed by atoms with van der Waals surface area (Å²) in [6.07, 6.45) is 2.70. The Morgan fingerprint density at radius 1 is 1.38 bits per heavy atom. The van der Waals surface area contributed by atoms with Gasteiger partial charge in [-0.25, -0.2) is 0 Å². The molecule has 3 rings (SSSR count). The van der Waals surface area contributed by atoms with E-state index in [4.69, 9.17) is 4.74 Å². The lowest BCUT2D eigenvalue weighted by atomic mass is 10.1. The Morgan fingerprint density at radius 3 is 3.00 bits per heavy atom. The van der Waals surface area contributed by atoms with Crippen LogP contribution in [0.15, 0.2) is 42.6 Å². The summed E-state index contributed by atoms with van der Waals surface area (Å²) in [6, 6.07) is 11.8. The molecule has 0 radical (unpaired) electrons. The van der Waals surface area contributed by atoms with Gasteiger partial charge in [0.15, 0.2) is 0 Å². The zero-order valence-corrected chi connectivity index (χ0v) is 14.2. The molecule has 1 fully saturated rings. The molecule has 2 heterocycles. The number of methoxy groups -OCH3 is 1. The number of anilines is 1. The minimum absolute atomic E-state index is 0.0534. The molecule has 126 valence electrons.